The molecular formula is C27H29F2N3O3. The van der Waals surface area contributed by atoms with Gasteiger partial charge in [-0.3, -0.25) is 9.89 Å². The predicted octanol–water partition coefficient (Wildman–Crippen LogP) is 6.07. The number of halogens is 2. The molecule has 4 aromatic rings. The maximum Gasteiger partial charge on any atom is 0.306 e. The fourth-order valence-corrected chi connectivity index (χ4v) is 5.81. The van der Waals surface area contributed by atoms with Crippen LogP contribution in [0.15, 0.2) is 36.5 Å². The fourth-order valence-electron chi connectivity index (χ4n) is 5.81. The lowest BCUT2D eigenvalue weighted by Crippen LogP contribution is -2.29. The largest absolute Gasteiger partial charge is 0.481 e. The van der Waals surface area contributed by atoms with Crippen molar-refractivity contribution in [2.75, 3.05) is 13.7 Å². The monoisotopic (exact) mass is 481 g/mol. The van der Waals surface area contributed by atoms with Crippen molar-refractivity contribution in [2.24, 2.45) is 5.92 Å². The molecule has 1 saturated carbocycles. The summed E-state index contributed by atoms with van der Waals surface area (Å²) in [5, 5.41) is 17.5. The Hall–Kier alpha value is -3.26. The minimum atomic E-state index is -0.775. The summed E-state index contributed by atoms with van der Waals surface area (Å²) in [4.78, 5) is 11.6. The number of rotatable bonds is 6. The number of hydrogen-bond donors (Lipinski definition) is 2. The lowest BCUT2D eigenvalue weighted by atomic mass is 9.74. The average Bonchev–Trinajstić information content (AvgIpc) is 3.43. The van der Waals surface area contributed by atoms with Crippen LogP contribution in [0, 0.1) is 17.6 Å². The molecule has 2 N–H and O–H groups in total. The molecule has 0 saturated heterocycles. The van der Waals surface area contributed by atoms with Gasteiger partial charge < -0.3 is 14.4 Å². The Morgan fingerprint density at radius 1 is 1.20 bits per heavy atom. The molecule has 184 valence electrons. The number of benzene rings is 2. The summed E-state index contributed by atoms with van der Waals surface area (Å²) in [7, 11) is 1.64. The number of carboxylic acid groups (broad SMARTS) is 1. The van der Waals surface area contributed by atoms with Crippen LogP contribution in [0.4, 0.5) is 8.78 Å². The molecule has 35 heavy (non-hydrogen) atoms. The highest BCUT2D eigenvalue weighted by atomic mass is 19.1. The van der Waals surface area contributed by atoms with Gasteiger partial charge >= 0.3 is 5.97 Å². The number of fused-ring (bicyclic) bond motifs is 2. The molecule has 6 nitrogen and oxygen atoms in total. The van der Waals surface area contributed by atoms with Crippen molar-refractivity contribution in [1.29, 1.82) is 0 Å². The highest BCUT2D eigenvalue weighted by Gasteiger charge is 2.38. The van der Waals surface area contributed by atoms with Gasteiger partial charge in [-0.15, -0.1) is 0 Å². The van der Waals surface area contributed by atoms with E-state index in [9.17, 15) is 14.3 Å². The SMILES string of the molecule is COCC(C)(C)c1c([C@H]2CC[C@H](C(=O)O)CC2)c2c(F)c3[nH]ncc3cc2n1-c1ccc(F)cc1. The maximum absolute atomic E-state index is 16.2. The molecule has 2 heterocycles. The lowest BCUT2D eigenvalue weighted by Gasteiger charge is -2.32. The van der Waals surface area contributed by atoms with Gasteiger partial charge in [0.05, 0.1) is 24.2 Å². The van der Waals surface area contributed by atoms with Crippen LogP contribution in [-0.2, 0) is 14.9 Å². The molecule has 0 atom stereocenters. The molecule has 0 aliphatic heterocycles. The van der Waals surface area contributed by atoms with Crippen molar-refractivity contribution in [3.05, 3.63) is 59.4 Å². The number of carboxylic acids is 1. The predicted molar refractivity (Wildman–Crippen MR) is 130 cm³/mol. The van der Waals surface area contributed by atoms with Gasteiger partial charge in [0.25, 0.3) is 0 Å². The van der Waals surface area contributed by atoms with Crippen LogP contribution in [0.3, 0.4) is 0 Å². The summed E-state index contributed by atoms with van der Waals surface area (Å²) in [6.45, 7) is 4.51. The van der Waals surface area contributed by atoms with Gasteiger partial charge in [0.15, 0.2) is 5.82 Å². The number of aliphatic carboxylic acids is 1. The number of H-pyrrole nitrogens is 1. The van der Waals surface area contributed by atoms with Gasteiger partial charge in [-0.25, -0.2) is 8.78 Å². The first kappa shape index (κ1) is 23.5. The van der Waals surface area contributed by atoms with E-state index in [-0.39, 0.29) is 23.5 Å². The Morgan fingerprint density at radius 3 is 2.51 bits per heavy atom. The van der Waals surface area contributed by atoms with Crippen molar-refractivity contribution >= 4 is 27.8 Å². The van der Waals surface area contributed by atoms with Crippen molar-refractivity contribution < 1.29 is 23.4 Å². The quantitative estimate of drug-likeness (QED) is 0.350. The number of carbonyl (C=O) groups is 1. The summed E-state index contributed by atoms with van der Waals surface area (Å²) < 4.78 is 37.7. The van der Waals surface area contributed by atoms with Gasteiger partial charge in [-0.05, 0) is 67.5 Å². The minimum absolute atomic E-state index is 0.0178. The second-order valence-electron chi connectivity index (χ2n) is 10.2. The average molecular weight is 482 g/mol. The topological polar surface area (TPSA) is 80.1 Å². The number of aromatic amines is 1. The number of hydrogen-bond acceptors (Lipinski definition) is 3. The van der Waals surface area contributed by atoms with E-state index in [1.807, 2.05) is 10.6 Å². The van der Waals surface area contributed by atoms with Crippen LogP contribution in [0.2, 0.25) is 0 Å². The molecule has 8 heteroatoms. The summed E-state index contributed by atoms with van der Waals surface area (Å²) in [5.41, 5.74) is 3.01. The van der Waals surface area contributed by atoms with Crippen LogP contribution >= 0.6 is 0 Å². The van der Waals surface area contributed by atoms with Crippen LogP contribution in [0.1, 0.15) is 56.7 Å². The molecule has 1 fully saturated rings. The van der Waals surface area contributed by atoms with E-state index < -0.39 is 11.4 Å². The zero-order valence-corrected chi connectivity index (χ0v) is 20.1. The number of nitrogens with zero attached hydrogens (tertiary/aromatic N) is 2. The summed E-state index contributed by atoms with van der Waals surface area (Å²) >= 11 is 0. The number of aromatic nitrogens is 3. The Labute approximate surface area is 201 Å². The van der Waals surface area contributed by atoms with E-state index in [1.165, 1.54) is 12.1 Å². The minimum Gasteiger partial charge on any atom is -0.481 e. The molecule has 5 rings (SSSR count). The van der Waals surface area contributed by atoms with E-state index in [1.54, 1.807) is 25.4 Å². The smallest absolute Gasteiger partial charge is 0.306 e. The molecular weight excluding hydrogens is 452 g/mol. The van der Waals surface area contributed by atoms with Gasteiger partial charge in [-0.2, -0.15) is 5.10 Å². The van der Waals surface area contributed by atoms with Crippen molar-refractivity contribution in [3.8, 4) is 5.69 Å². The summed E-state index contributed by atoms with van der Waals surface area (Å²) in [6, 6.07) is 8.12. The number of ether oxygens (including phenoxy) is 1. The first-order valence-electron chi connectivity index (χ1n) is 11.9. The third-order valence-corrected chi connectivity index (χ3v) is 7.36. The first-order chi connectivity index (χ1) is 16.7. The third kappa shape index (κ3) is 3.89. The highest BCUT2D eigenvalue weighted by Crippen LogP contribution is 2.48. The van der Waals surface area contributed by atoms with E-state index in [2.05, 4.69) is 24.0 Å². The lowest BCUT2D eigenvalue weighted by molar-refractivity contribution is -0.142. The highest BCUT2D eigenvalue weighted by molar-refractivity contribution is 6.00. The molecule has 0 bridgehead atoms. The van der Waals surface area contributed by atoms with Gasteiger partial charge in [0, 0.05) is 34.7 Å². The Morgan fingerprint density at radius 2 is 1.89 bits per heavy atom. The van der Waals surface area contributed by atoms with Crippen LogP contribution in [0.5, 0.6) is 0 Å². The van der Waals surface area contributed by atoms with Gasteiger partial charge in [0.1, 0.15) is 11.3 Å². The second kappa shape index (κ2) is 8.75. The number of nitrogens with one attached hydrogen (secondary N) is 1. The third-order valence-electron chi connectivity index (χ3n) is 7.36. The normalized spacial score (nSPS) is 19.0. The van der Waals surface area contributed by atoms with Gasteiger partial charge in [0.2, 0.25) is 0 Å². The summed E-state index contributed by atoms with van der Waals surface area (Å²) in [5.74, 6) is -1.89. The zero-order valence-electron chi connectivity index (χ0n) is 20.1. The Bertz CT molecular complexity index is 1400. The van der Waals surface area contributed by atoms with Gasteiger partial charge in [-0.1, -0.05) is 13.8 Å². The van der Waals surface area contributed by atoms with Crippen LogP contribution < -0.4 is 0 Å². The molecule has 1 aliphatic carbocycles. The standard InChI is InChI=1S/C27H29F2N3O3/c1-27(2,14-35-3)25-21(15-4-6-16(7-5-15)26(33)34)22-20(12-17-13-30-31-24(17)23(22)29)32(25)19-10-8-18(28)9-11-19/h8-13,15-16H,4-7,14H2,1-3H3,(H,30,31)(H,33,34)/t15-,16-. The number of methoxy groups -OCH3 is 1. The van der Waals surface area contributed by atoms with Crippen molar-refractivity contribution in [3.63, 3.8) is 0 Å². The molecule has 2 aromatic heterocycles. The van der Waals surface area contributed by atoms with Crippen LogP contribution in [-0.4, -0.2) is 39.6 Å². The molecule has 0 unspecified atom stereocenters. The maximum atomic E-state index is 16.2. The van der Waals surface area contributed by atoms with Crippen LogP contribution in [0.25, 0.3) is 27.5 Å². The van der Waals surface area contributed by atoms with E-state index in [0.29, 0.717) is 54.1 Å². The van der Waals surface area contributed by atoms with E-state index >= 15 is 4.39 Å². The fraction of sp³-hybridized carbons (Fsp3) is 0.407. The Balaban J connectivity index is 1.86. The zero-order chi connectivity index (χ0) is 24.9. The second-order valence-corrected chi connectivity index (χ2v) is 10.2. The molecule has 0 spiro atoms. The van der Waals surface area contributed by atoms with Crippen molar-refractivity contribution in [1.82, 2.24) is 14.8 Å². The van der Waals surface area contributed by atoms with Crippen molar-refractivity contribution in [2.45, 2.75) is 50.9 Å². The summed E-state index contributed by atoms with van der Waals surface area (Å²) in [6.07, 6.45) is 3.98. The molecule has 1 aliphatic rings. The molecule has 2 aromatic carbocycles. The Kier molecular flexibility index (Phi) is 5.87. The molecule has 0 amide bonds. The van der Waals surface area contributed by atoms with E-state index in [0.717, 1.165) is 16.9 Å². The van der Waals surface area contributed by atoms with E-state index in [4.69, 9.17) is 4.74 Å². The first-order valence-corrected chi connectivity index (χ1v) is 11.9. The molecule has 0 radical (unpaired) electrons.